The highest BCUT2D eigenvalue weighted by Gasteiger charge is 2.37. The standard InChI is InChI=1S/C24H29N3O6/c1-24(2,3)25-20(28)14-26(4)21(29)15-33-23(31)18-12-16-8-5-6-9-17(16)13-27(18)22(30)19-10-7-11-32-19/h5-11,18H,12-15H2,1-4H3,(H,25,28)/t18-/m0/s1. The monoisotopic (exact) mass is 455 g/mol. The Bertz CT molecular complexity index is 1030. The number of rotatable bonds is 6. The van der Waals surface area contributed by atoms with Crippen LogP contribution in [-0.2, 0) is 32.1 Å². The third-order valence-corrected chi connectivity index (χ3v) is 5.17. The van der Waals surface area contributed by atoms with E-state index in [0.29, 0.717) is 0 Å². The van der Waals surface area contributed by atoms with E-state index in [1.807, 2.05) is 45.0 Å². The summed E-state index contributed by atoms with van der Waals surface area (Å²) in [6, 6.07) is 9.77. The van der Waals surface area contributed by atoms with Crippen molar-refractivity contribution in [2.24, 2.45) is 0 Å². The molecule has 2 aromatic rings. The van der Waals surface area contributed by atoms with Gasteiger partial charge in [0.25, 0.3) is 11.8 Å². The predicted molar refractivity (Wildman–Crippen MR) is 119 cm³/mol. The summed E-state index contributed by atoms with van der Waals surface area (Å²) in [4.78, 5) is 52.9. The molecule has 1 aliphatic heterocycles. The van der Waals surface area contributed by atoms with Gasteiger partial charge < -0.3 is 24.3 Å². The van der Waals surface area contributed by atoms with Crippen LogP contribution in [0.15, 0.2) is 47.1 Å². The highest BCUT2D eigenvalue weighted by Crippen LogP contribution is 2.26. The van der Waals surface area contributed by atoms with Gasteiger partial charge in [-0.15, -0.1) is 0 Å². The van der Waals surface area contributed by atoms with E-state index in [4.69, 9.17) is 9.15 Å². The van der Waals surface area contributed by atoms with E-state index in [2.05, 4.69) is 5.32 Å². The number of carbonyl (C=O) groups excluding carboxylic acids is 4. The highest BCUT2D eigenvalue weighted by molar-refractivity contribution is 5.95. The van der Waals surface area contributed by atoms with E-state index in [1.54, 1.807) is 6.07 Å². The molecule has 0 bridgehead atoms. The third-order valence-electron chi connectivity index (χ3n) is 5.17. The number of fused-ring (bicyclic) bond motifs is 1. The van der Waals surface area contributed by atoms with Crippen molar-refractivity contribution in [2.75, 3.05) is 20.2 Å². The number of nitrogens with zero attached hydrogens (tertiary/aromatic N) is 2. The van der Waals surface area contributed by atoms with Crippen LogP contribution in [0.2, 0.25) is 0 Å². The summed E-state index contributed by atoms with van der Waals surface area (Å²) in [7, 11) is 1.46. The van der Waals surface area contributed by atoms with Crippen LogP contribution in [0, 0.1) is 0 Å². The van der Waals surface area contributed by atoms with Gasteiger partial charge in [0.15, 0.2) is 12.4 Å². The summed E-state index contributed by atoms with van der Waals surface area (Å²) < 4.78 is 10.5. The van der Waals surface area contributed by atoms with Gasteiger partial charge in [-0.05, 0) is 44.0 Å². The Balaban J connectivity index is 1.65. The molecule has 3 rings (SSSR count). The van der Waals surface area contributed by atoms with Crippen molar-refractivity contribution >= 4 is 23.7 Å². The Morgan fingerprint density at radius 1 is 1.12 bits per heavy atom. The van der Waals surface area contributed by atoms with Crippen molar-refractivity contribution in [3.8, 4) is 0 Å². The smallest absolute Gasteiger partial charge is 0.329 e. The van der Waals surface area contributed by atoms with E-state index in [1.165, 1.54) is 29.2 Å². The van der Waals surface area contributed by atoms with E-state index < -0.39 is 36.0 Å². The van der Waals surface area contributed by atoms with Crippen LogP contribution in [0.5, 0.6) is 0 Å². The van der Waals surface area contributed by atoms with Gasteiger partial charge >= 0.3 is 5.97 Å². The van der Waals surface area contributed by atoms with Crippen molar-refractivity contribution in [2.45, 2.75) is 45.3 Å². The lowest BCUT2D eigenvalue weighted by atomic mass is 9.93. The molecule has 0 saturated heterocycles. The maximum atomic E-state index is 13.0. The second-order valence-corrected chi connectivity index (χ2v) is 9.05. The molecule has 0 unspecified atom stereocenters. The Morgan fingerprint density at radius 3 is 2.45 bits per heavy atom. The van der Waals surface area contributed by atoms with Gasteiger partial charge in [0.2, 0.25) is 5.91 Å². The molecule has 1 atom stereocenters. The first-order valence-corrected chi connectivity index (χ1v) is 10.7. The molecule has 2 heterocycles. The molecule has 0 aliphatic carbocycles. The largest absolute Gasteiger partial charge is 0.459 e. The van der Waals surface area contributed by atoms with Crippen LogP contribution in [-0.4, -0.2) is 65.3 Å². The molecular weight excluding hydrogens is 426 g/mol. The van der Waals surface area contributed by atoms with Crippen molar-refractivity contribution in [3.63, 3.8) is 0 Å². The summed E-state index contributed by atoms with van der Waals surface area (Å²) in [5.41, 5.74) is 1.45. The maximum Gasteiger partial charge on any atom is 0.329 e. The van der Waals surface area contributed by atoms with E-state index in [0.717, 1.165) is 11.1 Å². The minimum absolute atomic E-state index is 0.118. The van der Waals surface area contributed by atoms with Crippen LogP contribution in [0.1, 0.15) is 42.5 Å². The first kappa shape index (κ1) is 24.0. The molecule has 1 aliphatic rings. The number of hydrogen-bond donors (Lipinski definition) is 1. The van der Waals surface area contributed by atoms with Gasteiger partial charge in [-0.25, -0.2) is 4.79 Å². The maximum absolute atomic E-state index is 13.0. The van der Waals surface area contributed by atoms with E-state index in [-0.39, 0.29) is 31.2 Å². The molecule has 0 fully saturated rings. The summed E-state index contributed by atoms with van der Waals surface area (Å²) in [6.45, 7) is 5.05. The van der Waals surface area contributed by atoms with E-state index >= 15 is 0 Å². The second kappa shape index (κ2) is 9.89. The molecule has 3 amide bonds. The third kappa shape index (κ3) is 6.21. The molecule has 1 aromatic heterocycles. The molecular formula is C24H29N3O6. The number of benzene rings is 1. The van der Waals surface area contributed by atoms with Crippen LogP contribution in [0.4, 0.5) is 0 Å². The zero-order chi connectivity index (χ0) is 24.2. The summed E-state index contributed by atoms with van der Waals surface area (Å²) in [5, 5.41) is 2.77. The molecule has 1 N–H and O–H groups in total. The number of hydrogen-bond acceptors (Lipinski definition) is 6. The van der Waals surface area contributed by atoms with Crippen molar-refractivity contribution in [1.29, 1.82) is 0 Å². The Kier molecular flexibility index (Phi) is 7.20. The van der Waals surface area contributed by atoms with Crippen LogP contribution in [0.3, 0.4) is 0 Å². The number of esters is 1. The minimum atomic E-state index is -0.903. The molecule has 9 nitrogen and oxygen atoms in total. The topological polar surface area (TPSA) is 109 Å². The summed E-state index contributed by atoms with van der Waals surface area (Å²) in [5.74, 6) is -1.84. The van der Waals surface area contributed by atoms with Gasteiger partial charge in [-0.3, -0.25) is 14.4 Å². The second-order valence-electron chi connectivity index (χ2n) is 9.05. The molecule has 0 radical (unpaired) electrons. The van der Waals surface area contributed by atoms with Crippen molar-refractivity contribution in [1.82, 2.24) is 15.1 Å². The molecule has 0 saturated carbocycles. The number of likely N-dealkylation sites (N-methyl/N-ethyl adjacent to an activating group) is 1. The molecule has 176 valence electrons. The SMILES string of the molecule is CN(CC(=O)NC(C)(C)C)C(=O)COC(=O)[C@@H]1Cc2ccccc2CN1C(=O)c1ccco1. The predicted octanol–water partition coefficient (Wildman–Crippen LogP) is 1.76. The van der Waals surface area contributed by atoms with Gasteiger partial charge in [0.1, 0.15) is 6.04 Å². The van der Waals surface area contributed by atoms with Crippen LogP contribution < -0.4 is 5.32 Å². The fourth-order valence-electron chi connectivity index (χ4n) is 3.59. The first-order chi connectivity index (χ1) is 15.5. The van der Waals surface area contributed by atoms with Crippen molar-refractivity contribution < 1.29 is 28.3 Å². The average molecular weight is 456 g/mol. The normalized spacial score (nSPS) is 15.4. The summed E-state index contributed by atoms with van der Waals surface area (Å²) >= 11 is 0. The van der Waals surface area contributed by atoms with Gasteiger partial charge in [0.05, 0.1) is 12.8 Å². The van der Waals surface area contributed by atoms with Crippen LogP contribution in [0.25, 0.3) is 0 Å². The number of nitrogens with one attached hydrogen (secondary N) is 1. The van der Waals surface area contributed by atoms with Gasteiger partial charge in [0, 0.05) is 25.6 Å². The molecule has 9 heteroatoms. The number of amides is 3. The van der Waals surface area contributed by atoms with Crippen molar-refractivity contribution in [3.05, 3.63) is 59.5 Å². The minimum Gasteiger partial charge on any atom is -0.459 e. The Morgan fingerprint density at radius 2 is 1.82 bits per heavy atom. The number of carbonyl (C=O) groups is 4. The van der Waals surface area contributed by atoms with Gasteiger partial charge in [-0.2, -0.15) is 0 Å². The lowest BCUT2D eigenvalue weighted by Gasteiger charge is -2.35. The fraction of sp³-hybridized carbons (Fsp3) is 0.417. The van der Waals surface area contributed by atoms with Crippen LogP contribution >= 0.6 is 0 Å². The number of furan rings is 1. The Hall–Kier alpha value is -3.62. The Labute approximate surface area is 192 Å². The average Bonchev–Trinajstić information content (AvgIpc) is 3.29. The van der Waals surface area contributed by atoms with E-state index in [9.17, 15) is 19.2 Å². The summed E-state index contributed by atoms with van der Waals surface area (Å²) in [6.07, 6.45) is 1.66. The number of ether oxygens (including phenoxy) is 1. The first-order valence-electron chi connectivity index (χ1n) is 10.7. The lowest BCUT2D eigenvalue weighted by molar-refractivity contribution is -0.156. The van der Waals surface area contributed by atoms with Gasteiger partial charge in [-0.1, -0.05) is 24.3 Å². The molecule has 0 spiro atoms. The zero-order valence-corrected chi connectivity index (χ0v) is 19.3. The lowest BCUT2D eigenvalue weighted by Crippen LogP contribution is -2.50. The zero-order valence-electron chi connectivity index (χ0n) is 19.3. The molecule has 1 aromatic carbocycles. The fourth-order valence-corrected chi connectivity index (χ4v) is 3.59. The quantitative estimate of drug-likeness (QED) is 0.665. The highest BCUT2D eigenvalue weighted by atomic mass is 16.5. The molecule has 33 heavy (non-hydrogen) atoms.